The molecule has 2 aromatic rings. The van der Waals surface area contributed by atoms with Gasteiger partial charge in [-0.3, -0.25) is 13.9 Å². The van der Waals surface area contributed by atoms with Crippen LogP contribution in [-0.4, -0.2) is 51.9 Å². The third-order valence-electron chi connectivity index (χ3n) is 5.58. The highest BCUT2D eigenvalue weighted by atomic mass is 32.2. The molecular weight excluding hydrogens is 392 g/mol. The number of carbonyl (C=O) groups excluding carboxylic acids is 2. The molecule has 0 aromatic heterocycles. The highest BCUT2D eigenvalue weighted by Gasteiger charge is 2.37. The number of benzene rings is 2. The van der Waals surface area contributed by atoms with Crippen molar-refractivity contribution < 1.29 is 22.7 Å². The number of likely N-dealkylation sites (tertiary alicyclic amines) is 1. The molecule has 8 heteroatoms. The minimum absolute atomic E-state index is 0.205. The number of carbonyl (C=O) groups is 2. The summed E-state index contributed by atoms with van der Waals surface area (Å²) in [5, 5.41) is 0. The summed E-state index contributed by atoms with van der Waals surface area (Å²) in [6.07, 6.45) is 1.04. The molecule has 7 nitrogen and oxygen atoms in total. The van der Waals surface area contributed by atoms with Gasteiger partial charge in [0.2, 0.25) is 5.91 Å². The molecule has 2 aromatic carbocycles. The maximum absolute atomic E-state index is 13.3. The summed E-state index contributed by atoms with van der Waals surface area (Å²) in [5.74, 6) is -0.748. The van der Waals surface area contributed by atoms with E-state index in [4.69, 9.17) is 4.74 Å². The predicted octanol–water partition coefficient (Wildman–Crippen LogP) is 2.27. The number of para-hydroxylation sites is 1. The molecule has 1 fully saturated rings. The van der Waals surface area contributed by atoms with Crippen LogP contribution >= 0.6 is 0 Å². The molecule has 0 spiro atoms. The first kappa shape index (κ1) is 19.4. The number of esters is 1. The van der Waals surface area contributed by atoms with E-state index in [1.165, 1.54) is 11.4 Å². The highest BCUT2D eigenvalue weighted by molar-refractivity contribution is 7.93. The van der Waals surface area contributed by atoms with Crippen molar-refractivity contribution >= 4 is 27.6 Å². The lowest BCUT2D eigenvalue weighted by Gasteiger charge is -2.35. The Labute approximate surface area is 169 Å². The first-order chi connectivity index (χ1) is 13.9. The molecule has 0 radical (unpaired) electrons. The van der Waals surface area contributed by atoms with Crippen LogP contribution in [0, 0.1) is 5.92 Å². The average Bonchev–Trinajstić information content (AvgIpc) is 2.76. The summed E-state index contributed by atoms with van der Waals surface area (Å²) in [5.41, 5.74) is 1.94. The van der Waals surface area contributed by atoms with E-state index in [1.54, 1.807) is 41.3 Å². The fraction of sp³-hybridized carbons (Fsp3) is 0.333. The van der Waals surface area contributed by atoms with Crippen LogP contribution in [0.15, 0.2) is 53.4 Å². The van der Waals surface area contributed by atoms with Crippen molar-refractivity contribution in [3.8, 4) is 11.1 Å². The van der Waals surface area contributed by atoms with E-state index in [1.807, 2.05) is 12.1 Å². The third kappa shape index (κ3) is 3.37. The summed E-state index contributed by atoms with van der Waals surface area (Å²) < 4.78 is 32.5. The van der Waals surface area contributed by atoms with Crippen molar-refractivity contribution in [2.45, 2.75) is 17.7 Å². The number of hydrogen-bond donors (Lipinski definition) is 0. The Balaban J connectivity index is 1.59. The molecule has 29 heavy (non-hydrogen) atoms. The smallest absolute Gasteiger partial charge is 0.308 e. The van der Waals surface area contributed by atoms with E-state index in [0.717, 1.165) is 5.56 Å². The Morgan fingerprint density at radius 1 is 1.00 bits per heavy atom. The second kappa shape index (κ2) is 7.51. The van der Waals surface area contributed by atoms with E-state index in [2.05, 4.69) is 0 Å². The number of hydrogen-bond acceptors (Lipinski definition) is 5. The number of methoxy groups -OCH3 is 1. The fourth-order valence-corrected chi connectivity index (χ4v) is 5.65. The van der Waals surface area contributed by atoms with Crippen LogP contribution in [-0.2, 0) is 24.3 Å². The molecule has 0 N–H and O–H groups in total. The summed E-state index contributed by atoms with van der Waals surface area (Å²) in [7, 11) is -2.49. The molecule has 2 heterocycles. The van der Waals surface area contributed by atoms with Crippen LogP contribution in [0.4, 0.5) is 5.69 Å². The lowest BCUT2D eigenvalue weighted by molar-refractivity contribution is -0.148. The van der Waals surface area contributed by atoms with Crippen LogP contribution in [0.5, 0.6) is 0 Å². The summed E-state index contributed by atoms with van der Waals surface area (Å²) >= 11 is 0. The molecule has 152 valence electrons. The maximum Gasteiger partial charge on any atom is 0.308 e. The predicted molar refractivity (Wildman–Crippen MR) is 108 cm³/mol. The number of anilines is 1. The van der Waals surface area contributed by atoms with Gasteiger partial charge < -0.3 is 9.64 Å². The van der Waals surface area contributed by atoms with Crippen LogP contribution in [0.3, 0.4) is 0 Å². The summed E-state index contributed by atoms with van der Waals surface area (Å²) in [6, 6.07) is 14.0. The lowest BCUT2D eigenvalue weighted by Crippen LogP contribution is -2.47. The average molecular weight is 414 g/mol. The Bertz CT molecular complexity index is 1060. The van der Waals surface area contributed by atoms with Crippen LogP contribution < -0.4 is 4.31 Å². The minimum Gasteiger partial charge on any atom is -0.469 e. The van der Waals surface area contributed by atoms with Gasteiger partial charge in [0.15, 0.2) is 0 Å². The Morgan fingerprint density at radius 3 is 2.31 bits per heavy atom. The molecule has 0 aliphatic carbocycles. The van der Waals surface area contributed by atoms with Crippen molar-refractivity contribution in [1.82, 2.24) is 4.90 Å². The van der Waals surface area contributed by atoms with Gasteiger partial charge >= 0.3 is 5.97 Å². The lowest BCUT2D eigenvalue weighted by atomic mass is 9.97. The Morgan fingerprint density at radius 2 is 1.62 bits per heavy atom. The zero-order valence-corrected chi connectivity index (χ0v) is 16.9. The van der Waals surface area contributed by atoms with Crippen molar-refractivity contribution in [1.29, 1.82) is 0 Å². The van der Waals surface area contributed by atoms with Gasteiger partial charge in [0.1, 0.15) is 6.54 Å². The van der Waals surface area contributed by atoms with Gasteiger partial charge in [0, 0.05) is 24.2 Å². The van der Waals surface area contributed by atoms with Crippen molar-refractivity contribution in [3.63, 3.8) is 0 Å². The normalized spacial score (nSPS) is 18.0. The van der Waals surface area contributed by atoms with E-state index < -0.39 is 10.0 Å². The third-order valence-corrected chi connectivity index (χ3v) is 7.40. The minimum atomic E-state index is -3.85. The second-order valence-corrected chi connectivity index (χ2v) is 9.03. The van der Waals surface area contributed by atoms with Gasteiger partial charge in [-0.25, -0.2) is 8.42 Å². The van der Waals surface area contributed by atoms with Gasteiger partial charge in [-0.1, -0.05) is 36.4 Å². The molecule has 2 aliphatic rings. The summed E-state index contributed by atoms with van der Waals surface area (Å²) in [6.45, 7) is 0.548. The number of rotatable bonds is 3. The highest BCUT2D eigenvalue weighted by Crippen LogP contribution is 2.42. The quantitative estimate of drug-likeness (QED) is 0.720. The molecule has 2 aliphatic heterocycles. The molecule has 0 saturated carbocycles. The number of ether oxygens (including phenoxy) is 1. The monoisotopic (exact) mass is 414 g/mol. The topological polar surface area (TPSA) is 84.0 Å². The van der Waals surface area contributed by atoms with Gasteiger partial charge in [-0.15, -0.1) is 0 Å². The zero-order chi connectivity index (χ0) is 20.6. The largest absolute Gasteiger partial charge is 0.469 e. The van der Waals surface area contributed by atoms with E-state index in [0.29, 0.717) is 37.2 Å². The molecule has 4 rings (SSSR count). The molecule has 0 unspecified atom stereocenters. The number of piperidine rings is 1. The second-order valence-electron chi connectivity index (χ2n) is 7.20. The number of amides is 1. The first-order valence-electron chi connectivity index (χ1n) is 9.50. The first-order valence-corrected chi connectivity index (χ1v) is 10.9. The van der Waals surface area contributed by atoms with Gasteiger partial charge in [-0.2, -0.15) is 0 Å². The Kier molecular flexibility index (Phi) is 5.04. The van der Waals surface area contributed by atoms with Gasteiger partial charge in [0.05, 0.1) is 23.6 Å². The van der Waals surface area contributed by atoms with E-state index in [-0.39, 0.29) is 29.2 Å². The standard InChI is InChI=1S/C21H22N2O5S/c1-28-21(25)15-10-12-22(13-11-15)20(24)14-23-18-8-4-2-6-16(18)17-7-3-5-9-19(17)29(23,26)27/h2-9,15H,10-14H2,1H3. The van der Waals surface area contributed by atoms with Crippen molar-refractivity contribution in [2.75, 3.05) is 31.0 Å². The molecule has 1 saturated heterocycles. The van der Waals surface area contributed by atoms with Crippen molar-refractivity contribution in [2.24, 2.45) is 5.92 Å². The molecule has 0 bridgehead atoms. The Hall–Kier alpha value is -2.87. The van der Waals surface area contributed by atoms with Gasteiger partial charge in [0.25, 0.3) is 10.0 Å². The number of nitrogens with zero attached hydrogens (tertiary/aromatic N) is 2. The molecule has 0 atom stereocenters. The van der Waals surface area contributed by atoms with E-state index in [9.17, 15) is 18.0 Å². The maximum atomic E-state index is 13.3. The van der Waals surface area contributed by atoms with Crippen LogP contribution in [0.25, 0.3) is 11.1 Å². The number of sulfonamides is 1. The SMILES string of the molecule is COC(=O)C1CCN(C(=O)CN2c3ccccc3-c3ccccc3S2(=O)=O)CC1. The van der Waals surface area contributed by atoms with E-state index >= 15 is 0 Å². The van der Waals surface area contributed by atoms with Crippen molar-refractivity contribution in [3.05, 3.63) is 48.5 Å². The molecular formula is C21H22N2O5S. The summed E-state index contributed by atoms with van der Waals surface area (Å²) in [4.78, 5) is 26.4. The van der Waals surface area contributed by atoms with Gasteiger partial charge in [-0.05, 0) is 25.0 Å². The molecule has 1 amide bonds. The van der Waals surface area contributed by atoms with Crippen LogP contribution in [0.1, 0.15) is 12.8 Å². The fourth-order valence-electron chi connectivity index (χ4n) is 4.01. The van der Waals surface area contributed by atoms with Crippen LogP contribution in [0.2, 0.25) is 0 Å². The number of fused-ring (bicyclic) bond motifs is 3. The zero-order valence-electron chi connectivity index (χ0n) is 16.1.